The van der Waals surface area contributed by atoms with Crippen molar-refractivity contribution in [3.05, 3.63) is 99.6 Å². The van der Waals surface area contributed by atoms with Crippen LogP contribution in [0, 0.1) is 6.92 Å². The van der Waals surface area contributed by atoms with E-state index in [4.69, 9.17) is 19.2 Å². The zero-order valence-corrected chi connectivity index (χ0v) is 30.7. The average molecular weight is 738 g/mol. The van der Waals surface area contributed by atoms with Gasteiger partial charge in [-0.3, -0.25) is 14.5 Å². The van der Waals surface area contributed by atoms with Gasteiger partial charge in [0.05, 0.1) is 25.0 Å². The molecule has 1 fully saturated rings. The minimum Gasteiger partial charge on any atom is -0.497 e. The average Bonchev–Trinajstić information content (AvgIpc) is 3.53. The van der Waals surface area contributed by atoms with Crippen LogP contribution in [0.15, 0.2) is 66.7 Å². The summed E-state index contributed by atoms with van der Waals surface area (Å²) >= 11 is 1.37. The van der Waals surface area contributed by atoms with Gasteiger partial charge in [-0.2, -0.15) is 13.2 Å². The number of halogens is 3. The molecule has 9 nitrogen and oxygen atoms in total. The van der Waals surface area contributed by atoms with Gasteiger partial charge in [-0.1, -0.05) is 12.1 Å². The lowest BCUT2D eigenvalue weighted by molar-refractivity contribution is -0.158. The highest BCUT2D eigenvalue weighted by atomic mass is 32.1. The Labute approximate surface area is 305 Å². The van der Waals surface area contributed by atoms with Crippen LogP contribution < -0.4 is 9.47 Å². The summed E-state index contributed by atoms with van der Waals surface area (Å²) < 4.78 is 56.0. The normalized spacial score (nSPS) is 13.9. The van der Waals surface area contributed by atoms with Crippen molar-refractivity contribution < 1.29 is 41.8 Å². The van der Waals surface area contributed by atoms with Crippen molar-refractivity contribution in [3.8, 4) is 22.1 Å². The maximum Gasteiger partial charge on any atom is 0.416 e. The van der Waals surface area contributed by atoms with E-state index in [2.05, 4.69) is 4.90 Å². The Balaban J connectivity index is 1.29. The first-order chi connectivity index (χ1) is 24.7. The van der Waals surface area contributed by atoms with Gasteiger partial charge in [0, 0.05) is 60.7 Å². The molecule has 0 aliphatic carbocycles. The van der Waals surface area contributed by atoms with Crippen molar-refractivity contribution >= 4 is 29.0 Å². The van der Waals surface area contributed by atoms with E-state index in [0.29, 0.717) is 77.9 Å². The number of ketones is 1. The molecule has 0 radical (unpaired) electrons. The molecule has 5 rings (SSSR count). The fraction of sp³-hybridized carbons (Fsp3) is 0.385. The van der Waals surface area contributed by atoms with Gasteiger partial charge >= 0.3 is 12.1 Å². The Bertz CT molecular complexity index is 1880. The minimum absolute atomic E-state index is 0.0581. The molecular formula is C39H42F3N3O6S. The van der Waals surface area contributed by atoms with Crippen molar-refractivity contribution in [1.82, 2.24) is 14.8 Å². The number of rotatable bonds is 13. The van der Waals surface area contributed by atoms with Crippen LogP contribution in [0.2, 0.25) is 0 Å². The molecule has 0 bridgehead atoms. The Morgan fingerprint density at radius 3 is 2.15 bits per heavy atom. The predicted octanol–water partition coefficient (Wildman–Crippen LogP) is 7.64. The molecule has 1 amide bonds. The Kier molecular flexibility index (Phi) is 12.1. The molecule has 13 heteroatoms. The molecule has 1 aromatic heterocycles. The van der Waals surface area contributed by atoms with E-state index >= 15 is 0 Å². The number of hydrogen-bond donors (Lipinski definition) is 0. The number of methoxy groups -OCH3 is 1. The maximum absolute atomic E-state index is 13.4. The summed E-state index contributed by atoms with van der Waals surface area (Å²) in [7, 11) is 1.57. The second-order valence-electron chi connectivity index (χ2n) is 13.0. The summed E-state index contributed by atoms with van der Waals surface area (Å²) in [5.41, 5.74) is 1.13. The molecule has 0 atom stereocenters. The SMILES string of the molecule is CCOC(=O)C(C)(C)Oc1ccc(C(=O)CCc2sc(-c3ccc(C(F)(F)F)cc3)nc2CN2CCN(C(=O)c3ccc(OC)cc3)CC2)cc1C. The van der Waals surface area contributed by atoms with E-state index in [1.54, 1.807) is 77.3 Å². The first kappa shape index (κ1) is 38.5. The van der Waals surface area contributed by atoms with Crippen molar-refractivity contribution in [2.45, 2.75) is 58.9 Å². The zero-order valence-electron chi connectivity index (χ0n) is 29.8. The van der Waals surface area contributed by atoms with Gasteiger partial charge < -0.3 is 19.1 Å². The van der Waals surface area contributed by atoms with E-state index in [1.165, 1.54) is 23.5 Å². The van der Waals surface area contributed by atoms with Crippen LogP contribution in [-0.2, 0) is 28.7 Å². The fourth-order valence-corrected chi connectivity index (χ4v) is 6.87. The molecule has 52 heavy (non-hydrogen) atoms. The molecule has 1 aliphatic heterocycles. The van der Waals surface area contributed by atoms with Crippen molar-refractivity contribution in [3.63, 3.8) is 0 Å². The highest BCUT2D eigenvalue weighted by Crippen LogP contribution is 2.34. The van der Waals surface area contributed by atoms with E-state index < -0.39 is 23.3 Å². The lowest BCUT2D eigenvalue weighted by Gasteiger charge is -2.34. The summed E-state index contributed by atoms with van der Waals surface area (Å²) in [5.74, 6) is 0.492. The van der Waals surface area contributed by atoms with E-state index in [-0.39, 0.29) is 24.7 Å². The van der Waals surface area contributed by atoms with E-state index in [0.717, 1.165) is 22.7 Å². The third-order valence-corrected chi connectivity index (χ3v) is 10.0. The molecule has 0 unspecified atom stereocenters. The van der Waals surface area contributed by atoms with Gasteiger partial charge in [0.2, 0.25) is 0 Å². The quantitative estimate of drug-likeness (QED) is 0.102. The monoisotopic (exact) mass is 737 g/mol. The number of ether oxygens (including phenoxy) is 3. The number of aryl methyl sites for hydroxylation is 2. The van der Waals surface area contributed by atoms with Crippen LogP contribution in [0.25, 0.3) is 10.6 Å². The summed E-state index contributed by atoms with van der Waals surface area (Å²) in [6.07, 6.45) is -3.88. The van der Waals surface area contributed by atoms with Gasteiger partial charge in [-0.05, 0) is 94.3 Å². The molecule has 3 aromatic carbocycles. The van der Waals surface area contributed by atoms with Crippen LogP contribution in [0.3, 0.4) is 0 Å². The van der Waals surface area contributed by atoms with Gasteiger partial charge in [-0.15, -0.1) is 11.3 Å². The number of amides is 1. The van der Waals surface area contributed by atoms with Gasteiger partial charge in [0.15, 0.2) is 11.4 Å². The lowest BCUT2D eigenvalue weighted by atomic mass is 10.0. The second-order valence-corrected chi connectivity index (χ2v) is 14.1. The summed E-state index contributed by atoms with van der Waals surface area (Å²) in [4.78, 5) is 48.6. The number of hydrogen-bond acceptors (Lipinski definition) is 9. The summed E-state index contributed by atoms with van der Waals surface area (Å²) in [6.45, 7) is 9.71. The van der Waals surface area contributed by atoms with E-state index in [1.807, 2.05) is 4.90 Å². The van der Waals surface area contributed by atoms with Crippen LogP contribution in [0.5, 0.6) is 11.5 Å². The number of alkyl halides is 3. The topological polar surface area (TPSA) is 98.3 Å². The summed E-state index contributed by atoms with van der Waals surface area (Å²) in [6, 6.07) is 17.0. The standard InChI is InChI=1S/C39H42F3N3O6S/c1-6-50-37(48)38(3,4)51-33-17-11-28(23-25(33)2)32(46)16-18-34-31(43-35(52-34)26-7-12-29(13-8-26)39(40,41)42)24-44-19-21-45(22-20-44)36(47)27-9-14-30(49-5)15-10-27/h7-15,17,23H,6,16,18-22,24H2,1-5H3. The number of aromatic nitrogens is 1. The fourth-order valence-electron chi connectivity index (χ4n) is 5.79. The van der Waals surface area contributed by atoms with Gasteiger partial charge in [-0.25, -0.2) is 9.78 Å². The van der Waals surface area contributed by atoms with Crippen LogP contribution in [0.1, 0.15) is 69.6 Å². The molecule has 0 saturated carbocycles. The maximum atomic E-state index is 13.4. The molecule has 1 saturated heterocycles. The molecule has 0 spiro atoms. The Morgan fingerprint density at radius 2 is 1.56 bits per heavy atom. The van der Waals surface area contributed by atoms with Crippen molar-refractivity contribution in [1.29, 1.82) is 0 Å². The number of piperazine rings is 1. The highest BCUT2D eigenvalue weighted by Gasteiger charge is 2.33. The number of carbonyl (C=O) groups is 3. The first-order valence-corrected chi connectivity index (χ1v) is 17.8. The van der Waals surface area contributed by atoms with Gasteiger partial charge in [0.25, 0.3) is 5.91 Å². The molecule has 0 N–H and O–H groups in total. The third kappa shape index (κ3) is 9.37. The largest absolute Gasteiger partial charge is 0.497 e. The number of benzene rings is 3. The van der Waals surface area contributed by atoms with Crippen molar-refractivity contribution in [2.75, 3.05) is 39.9 Å². The molecular weight excluding hydrogens is 696 g/mol. The van der Waals surface area contributed by atoms with Crippen LogP contribution in [-0.4, -0.2) is 77.9 Å². The second kappa shape index (κ2) is 16.3. The Hall–Kier alpha value is -4.75. The predicted molar refractivity (Wildman–Crippen MR) is 192 cm³/mol. The Morgan fingerprint density at radius 1 is 0.904 bits per heavy atom. The highest BCUT2D eigenvalue weighted by molar-refractivity contribution is 7.15. The first-order valence-electron chi connectivity index (χ1n) is 17.0. The number of Topliss-reactive ketones (excluding diaryl/α,β-unsaturated/α-hetero) is 1. The number of carbonyl (C=O) groups excluding carboxylic acids is 3. The van der Waals surface area contributed by atoms with Crippen molar-refractivity contribution in [2.24, 2.45) is 0 Å². The number of esters is 1. The lowest BCUT2D eigenvalue weighted by Crippen LogP contribution is -2.48. The smallest absolute Gasteiger partial charge is 0.416 e. The molecule has 1 aliphatic rings. The van der Waals surface area contributed by atoms with E-state index in [9.17, 15) is 27.6 Å². The molecule has 276 valence electrons. The van der Waals surface area contributed by atoms with Gasteiger partial charge in [0.1, 0.15) is 16.5 Å². The molecule has 4 aromatic rings. The molecule has 2 heterocycles. The summed E-state index contributed by atoms with van der Waals surface area (Å²) in [5, 5.41) is 0.570. The van der Waals surface area contributed by atoms with Crippen LogP contribution >= 0.6 is 11.3 Å². The minimum atomic E-state index is -4.45. The zero-order chi connectivity index (χ0) is 37.6. The number of thiazole rings is 1. The number of nitrogens with zero attached hydrogens (tertiary/aromatic N) is 3. The third-order valence-electron chi connectivity index (χ3n) is 8.82. The van der Waals surface area contributed by atoms with Crippen LogP contribution in [0.4, 0.5) is 13.2 Å².